The van der Waals surface area contributed by atoms with Crippen LogP contribution in [0, 0.1) is 6.92 Å². The average molecular weight is 270 g/mol. The summed E-state index contributed by atoms with van der Waals surface area (Å²) in [5.74, 6) is 1.07. The van der Waals surface area contributed by atoms with Gasteiger partial charge in [-0.25, -0.2) is 9.97 Å². The van der Waals surface area contributed by atoms with Crippen LogP contribution in [-0.4, -0.2) is 9.97 Å². The first-order valence-electron chi connectivity index (χ1n) is 6.93. The van der Waals surface area contributed by atoms with Crippen molar-refractivity contribution < 1.29 is 0 Å². The van der Waals surface area contributed by atoms with Crippen LogP contribution >= 0.6 is 0 Å². The molecule has 2 rings (SSSR count). The highest BCUT2D eigenvalue weighted by Gasteiger charge is 2.10. The van der Waals surface area contributed by atoms with Crippen LogP contribution in [0.5, 0.6) is 0 Å². The molecule has 106 valence electrons. The number of rotatable bonds is 4. The van der Waals surface area contributed by atoms with Crippen molar-refractivity contribution >= 4 is 11.6 Å². The van der Waals surface area contributed by atoms with E-state index >= 15 is 0 Å². The fourth-order valence-electron chi connectivity index (χ4n) is 2.01. The minimum absolute atomic E-state index is 0.136. The van der Waals surface area contributed by atoms with E-state index < -0.39 is 0 Å². The van der Waals surface area contributed by atoms with E-state index in [2.05, 4.69) is 36.1 Å². The summed E-state index contributed by atoms with van der Waals surface area (Å²) < 4.78 is 0. The Morgan fingerprint density at radius 1 is 1.05 bits per heavy atom. The molecule has 0 aliphatic heterocycles. The van der Waals surface area contributed by atoms with Gasteiger partial charge in [-0.2, -0.15) is 0 Å². The molecule has 0 spiro atoms. The molecular weight excluding hydrogens is 248 g/mol. The summed E-state index contributed by atoms with van der Waals surface area (Å²) in [4.78, 5) is 9.02. The van der Waals surface area contributed by atoms with Gasteiger partial charge < -0.3 is 11.1 Å². The number of nitrogens with zero attached hydrogens (tertiary/aromatic N) is 2. The quantitative estimate of drug-likeness (QED) is 0.832. The van der Waals surface area contributed by atoms with Gasteiger partial charge in [0, 0.05) is 17.1 Å². The predicted octanol–water partition coefficient (Wildman–Crippen LogP) is 3.66. The fraction of sp³-hybridized carbons (Fsp3) is 0.375. The lowest BCUT2D eigenvalue weighted by atomic mass is 10.1. The molecule has 20 heavy (non-hydrogen) atoms. The van der Waals surface area contributed by atoms with Crippen molar-refractivity contribution in [1.29, 1.82) is 0 Å². The molecule has 0 amide bonds. The summed E-state index contributed by atoms with van der Waals surface area (Å²) in [6, 6.07) is 10.0. The normalized spacial score (nSPS) is 12.4. The third-order valence-corrected chi connectivity index (χ3v) is 3.25. The molecule has 0 aliphatic rings. The molecule has 0 aliphatic carbocycles. The first-order valence-corrected chi connectivity index (χ1v) is 6.93. The Morgan fingerprint density at radius 2 is 1.70 bits per heavy atom. The second-order valence-electron chi connectivity index (χ2n) is 5.45. The first-order chi connectivity index (χ1) is 9.45. The molecule has 0 radical (unpaired) electrons. The van der Waals surface area contributed by atoms with Gasteiger partial charge in [0.25, 0.3) is 0 Å². The van der Waals surface area contributed by atoms with E-state index in [0.717, 1.165) is 22.6 Å². The Hall–Kier alpha value is -2.10. The molecule has 0 bridgehead atoms. The van der Waals surface area contributed by atoms with Crippen molar-refractivity contribution in [3.05, 3.63) is 47.3 Å². The van der Waals surface area contributed by atoms with Crippen molar-refractivity contribution in [2.75, 3.05) is 11.1 Å². The van der Waals surface area contributed by atoms with E-state index in [-0.39, 0.29) is 6.04 Å². The molecule has 0 fully saturated rings. The lowest BCUT2D eigenvalue weighted by Gasteiger charge is -2.16. The molecule has 1 atom stereocenters. The number of anilines is 2. The largest absolute Gasteiger partial charge is 0.399 e. The Labute approximate surface area is 120 Å². The molecular formula is C16H22N4. The molecule has 4 heteroatoms. The lowest BCUT2D eigenvalue weighted by Crippen LogP contribution is -2.11. The maximum Gasteiger partial charge on any atom is 0.223 e. The van der Waals surface area contributed by atoms with Gasteiger partial charge >= 0.3 is 0 Å². The zero-order valence-electron chi connectivity index (χ0n) is 12.5. The highest BCUT2D eigenvalue weighted by molar-refractivity contribution is 5.42. The molecule has 1 heterocycles. The average Bonchev–Trinajstić information content (AvgIpc) is 2.38. The van der Waals surface area contributed by atoms with E-state index in [1.165, 1.54) is 0 Å². The van der Waals surface area contributed by atoms with Crippen LogP contribution in [0.25, 0.3) is 0 Å². The van der Waals surface area contributed by atoms with Crippen LogP contribution in [0.1, 0.15) is 49.7 Å². The summed E-state index contributed by atoms with van der Waals surface area (Å²) in [6.07, 6.45) is 0. The van der Waals surface area contributed by atoms with Gasteiger partial charge in [-0.05, 0) is 43.5 Å². The maximum absolute atomic E-state index is 5.71. The maximum atomic E-state index is 5.71. The summed E-state index contributed by atoms with van der Waals surface area (Å²) in [5, 5.41) is 3.35. The fourth-order valence-corrected chi connectivity index (χ4v) is 2.01. The van der Waals surface area contributed by atoms with Crippen molar-refractivity contribution in [3.8, 4) is 0 Å². The predicted molar refractivity (Wildman–Crippen MR) is 83.8 cm³/mol. The summed E-state index contributed by atoms with van der Waals surface area (Å²) in [7, 11) is 0. The molecule has 0 saturated carbocycles. The van der Waals surface area contributed by atoms with Gasteiger partial charge in [-0.3, -0.25) is 0 Å². The van der Waals surface area contributed by atoms with Gasteiger partial charge in [0.1, 0.15) is 0 Å². The monoisotopic (exact) mass is 270 g/mol. The lowest BCUT2D eigenvalue weighted by molar-refractivity contribution is 0.794. The summed E-state index contributed by atoms with van der Waals surface area (Å²) in [5.41, 5.74) is 9.68. The van der Waals surface area contributed by atoms with Gasteiger partial charge in [-0.1, -0.05) is 26.0 Å². The third kappa shape index (κ3) is 3.47. The van der Waals surface area contributed by atoms with E-state index in [9.17, 15) is 0 Å². The highest BCUT2D eigenvalue weighted by atomic mass is 15.1. The molecule has 2 aromatic rings. The van der Waals surface area contributed by atoms with Gasteiger partial charge in [0.05, 0.1) is 6.04 Å². The number of benzene rings is 1. The Kier molecular flexibility index (Phi) is 4.23. The zero-order valence-corrected chi connectivity index (χ0v) is 12.5. The minimum atomic E-state index is 0.136. The van der Waals surface area contributed by atoms with Crippen LogP contribution in [0.4, 0.5) is 11.6 Å². The summed E-state index contributed by atoms with van der Waals surface area (Å²) >= 11 is 0. The van der Waals surface area contributed by atoms with Crippen LogP contribution in [0.15, 0.2) is 30.3 Å². The second-order valence-corrected chi connectivity index (χ2v) is 5.45. The molecule has 1 aromatic carbocycles. The Morgan fingerprint density at radius 3 is 2.30 bits per heavy atom. The van der Waals surface area contributed by atoms with E-state index in [1.807, 2.05) is 37.3 Å². The zero-order chi connectivity index (χ0) is 14.7. The van der Waals surface area contributed by atoms with Gasteiger partial charge in [0.2, 0.25) is 5.95 Å². The molecule has 0 saturated heterocycles. The van der Waals surface area contributed by atoms with Crippen LogP contribution in [0.2, 0.25) is 0 Å². The standard InChI is InChI=1S/C16H22N4/c1-10(2)15-9-11(3)18-16(20-15)19-12(4)13-5-7-14(17)8-6-13/h5-10,12H,17H2,1-4H3,(H,18,19,20). The Bertz CT molecular complexity index is 576. The smallest absolute Gasteiger partial charge is 0.223 e. The van der Waals surface area contributed by atoms with Gasteiger partial charge in [-0.15, -0.1) is 0 Å². The highest BCUT2D eigenvalue weighted by Crippen LogP contribution is 2.20. The van der Waals surface area contributed by atoms with Crippen LogP contribution < -0.4 is 11.1 Å². The SMILES string of the molecule is Cc1cc(C(C)C)nc(NC(C)c2ccc(N)cc2)n1. The molecule has 1 unspecified atom stereocenters. The van der Waals surface area contributed by atoms with E-state index in [0.29, 0.717) is 11.9 Å². The number of aryl methyl sites for hydroxylation is 1. The van der Waals surface area contributed by atoms with Crippen molar-refractivity contribution in [2.45, 2.75) is 39.7 Å². The van der Waals surface area contributed by atoms with Crippen molar-refractivity contribution in [3.63, 3.8) is 0 Å². The topological polar surface area (TPSA) is 63.8 Å². The number of aromatic nitrogens is 2. The third-order valence-electron chi connectivity index (χ3n) is 3.25. The number of nitrogens with one attached hydrogen (secondary N) is 1. The van der Waals surface area contributed by atoms with E-state index in [1.54, 1.807) is 0 Å². The van der Waals surface area contributed by atoms with E-state index in [4.69, 9.17) is 5.73 Å². The van der Waals surface area contributed by atoms with Crippen molar-refractivity contribution in [1.82, 2.24) is 9.97 Å². The molecule has 4 nitrogen and oxygen atoms in total. The second kappa shape index (κ2) is 5.90. The number of nitrogen functional groups attached to an aromatic ring is 1. The summed E-state index contributed by atoms with van der Waals surface area (Å²) in [6.45, 7) is 8.35. The number of hydrogen-bond acceptors (Lipinski definition) is 4. The van der Waals surface area contributed by atoms with Gasteiger partial charge in [0.15, 0.2) is 0 Å². The number of nitrogens with two attached hydrogens (primary N) is 1. The van der Waals surface area contributed by atoms with Crippen LogP contribution in [-0.2, 0) is 0 Å². The Balaban J connectivity index is 2.18. The van der Waals surface area contributed by atoms with Crippen molar-refractivity contribution in [2.24, 2.45) is 0 Å². The minimum Gasteiger partial charge on any atom is -0.399 e. The van der Waals surface area contributed by atoms with Crippen LogP contribution in [0.3, 0.4) is 0 Å². The molecule has 1 aromatic heterocycles. The first kappa shape index (κ1) is 14.3. The number of hydrogen-bond donors (Lipinski definition) is 2. The molecule has 3 N–H and O–H groups in total.